The molecule has 58 valence electrons. The van der Waals surface area contributed by atoms with Gasteiger partial charge in [-0.05, 0) is 19.3 Å². The Morgan fingerprint density at radius 2 is 1.45 bits per heavy atom. The molecule has 0 heterocycles. The Kier molecular flexibility index (Phi) is 2.73. The Morgan fingerprint density at radius 1 is 1.00 bits per heavy atom. The van der Waals surface area contributed by atoms with Crippen LogP contribution in [0.4, 0.5) is 0 Å². The standard InChI is InChI=1S/C7H8N2O2/c10-4-8-6-2-1-3-7(6)9-5-11/h6-7H,1-3H2. The number of carbonyl (C=O) groups excluding carboxylic acids is 2. The Balaban J connectivity index is 2.64. The van der Waals surface area contributed by atoms with Crippen molar-refractivity contribution >= 4 is 12.2 Å². The smallest absolute Gasteiger partial charge is 0.211 e. The summed E-state index contributed by atoms with van der Waals surface area (Å²) in [5.41, 5.74) is 0. The van der Waals surface area contributed by atoms with Crippen molar-refractivity contribution in [2.75, 3.05) is 0 Å². The highest BCUT2D eigenvalue weighted by Gasteiger charge is 2.26. The van der Waals surface area contributed by atoms with Crippen molar-refractivity contribution in [2.45, 2.75) is 31.3 Å². The molecule has 2 unspecified atom stereocenters. The average Bonchev–Trinajstić information content (AvgIpc) is 2.39. The summed E-state index contributed by atoms with van der Waals surface area (Å²) in [6.07, 6.45) is 5.58. The van der Waals surface area contributed by atoms with Crippen LogP contribution in [0.1, 0.15) is 19.3 Å². The number of nitrogens with zero attached hydrogens (tertiary/aromatic N) is 2. The van der Waals surface area contributed by atoms with Crippen LogP contribution >= 0.6 is 0 Å². The zero-order chi connectivity index (χ0) is 8.10. The van der Waals surface area contributed by atoms with Crippen LogP contribution in [-0.2, 0) is 9.59 Å². The van der Waals surface area contributed by atoms with Gasteiger partial charge >= 0.3 is 0 Å². The molecule has 4 heteroatoms. The molecule has 0 saturated heterocycles. The van der Waals surface area contributed by atoms with Crippen LogP contribution in [0.3, 0.4) is 0 Å². The molecule has 0 spiro atoms. The fourth-order valence-electron chi connectivity index (χ4n) is 1.36. The third-order valence-electron chi connectivity index (χ3n) is 1.88. The summed E-state index contributed by atoms with van der Waals surface area (Å²) in [5.74, 6) is 0. The van der Waals surface area contributed by atoms with Gasteiger partial charge in [0.05, 0.1) is 12.1 Å². The predicted molar refractivity (Wildman–Crippen MR) is 37.7 cm³/mol. The van der Waals surface area contributed by atoms with Gasteiger partial charge in [-0.2, -0.15) is 0 Å². The van der Waals surface area contributed by atoms with Gasteiger partial charge in [0.1, 0.15) is 0 Å². The fourth-order valence-corrected chi connectivity index (χ4v) is 1.36. The highest BCUT2D eigenvalue weighted by Crippen LogP contribution is 2.23. The molecule has 0 bridgehead atoms. The molecule has 4 nitrogen and oxygen atoms in total. The monoisotopic (exact) mass is 152 g/mol. The molecule has 0 radical (unpaired) electrons. The van der Waals surface area contributed by atoms with E-state index in [0.717, 1.165) is 19.3 Å². The van der Waals surface area contributed by atoms with E-state index in [-0.39, 0.29) is 12.1 Å². The van der Waals surface area contributed by atoms with Crippen LogP contribution in [0.15, 0.2) is 9.98 Å². The second-order valence-corrected chi connectivity index (χ2v) is 2.51. The Morgan fingerprint density at radius 3 is 1.82 bits per heavy atom. The minimum Gasteiger partial charge on any atom is -0.211 e. The van der Waals surface area contributed by atoms with Crippen molar-refractivity contribution in [3.8, 4) is 0 Å². The van der Waals surface area contributed by atoms with Gasteiger partial charge in [-0.15, -0.1) is 0 Å². The second-order valence-electron chi connectivity index (χ2n) is 2.51. The van der Waals surface area contributed by atoms with E-state index >= 15 is 0 Å². The summed E-state index contributed by atoms with van der Waals surface area (Å²) in [7, 11) is 0. The van der Waals surface area contributed by atoms with E-state index in [4.69, 9.17) is 0 Å². The van der Waals surface area contributed by atoms with Gasteiger partial charge in [-0.1, -0.05) is 0 Å². The largest absolute Gasteiger partial charge is 0.235 e. The molecule has 0 N–H and O–H groups in total. The molecule has 2 atom stereocenters. The molecule has 1 fully saturated rings. The lowest BCUT2D eigenvalue weighted by Gasteiger charge is -2.04. The summed E-state index contributed by atoms with van der Waals surface area (Å²) in [6, 6.07) is -0.261. The van der Waals surface area contributed by atoms with Crippen molar-refractivity contribution in [2.24, 2.45) is 9.98 Å². The highest BCUT2D eigenvalue weighted by atomic mass is 16.1. The Hall–Kier alpha value is -1.24. The van der Waals surface area contributed by atoms with Gasteiger partial charge in [-0.3, -0.25) is 0 Å². The third-order valence-corrected chi connectivity index (χ3v) is 1.88. The van der Waals surface area contributed by atoms with E-state index in [2.05, 4.69) is 9.98 Å². The van der Waals surface area contributed by atoms with Crippen LogP contribution < -0.4 is 0 Å². The van der Waals surface area contributed by atoms with Crippen LogP contribution in [0.5, 0.6) is 0 Å². The minimum atomic E-state index is -0.131. The fraction of sp³-hybridized carbons (Fsp3) is 0.714. The minimum absolute atomic E-state index is 0.131. The van der Waals surface area contributed by atoms with Gasteiger partial charge in [0, 0.05) is 0 Å². The first-order chi connectivity index (χ1) is 5.38. The summed E-state index contributed by atoms with van der Waals surface area (Å²) >= 11 is 0. The molecular formula is C7H8N2O2. The molecule has 1 aliphatic carbocycles. The first-order valence-electron chi connectivity index (χ1n) is 3.52. The average molecular weight is 152 g/mol. The van der Waals surface area contributed by atoms with Gasteiger partial charge in [0.25, 0.3) is 0 Å². The highest BCUT2D eigenvalue weighted by molar-refractivity contribution is 5.36. The molecule has 0 aromatic carbocycles. The maximum atomic E-state index is 9.88. The van der Waals surface area contributed by atoms with E-state index in [1.165, 1.54) is 12.2 Å². The molecule has 1 aliphatic rings. The normalized spacial score (nSPS) is 28.7. The molecule has 0 aromatic rings. The number of hydrogen-bond acceptors (Lipinski definition) is 4. The van der Waals surface area contributed by atoms with Crippen molar-refractivity contribution < 1.29 is 9.59 Å². The van der Waals surface area contributed by atoms with Crippen molar-refractivity contribution in [3.05, 3.63) is 0 Å². The number of isocyanates is 2. The summed E-state index contributed by atoms with van der Waals surface area (Å²) in [4.78, 5) is 26.8. The quantitative estimate of drug-likeness (QED) is 0.429. The summed E-state index contributed by atoms with van der Waals surface area (Å²) < 4.78 is 0. The first-order valence-corrected chi connectivity index (χ1v) is 3.52. The van der Waals surface area contributed by atoms with Crippen LogP contribution in [-0.4, -0.2) is 24.2 Å². The maximum Gasteiger partial charge on any atom is 0.235 e. The van der Waals surface area contributed by atoms with E-state index in [1.54, 1.807) is 0 Å². The van der Waals surface area contributed by atoms with Gasteiger partial charge in [0.15, 0.2) is 0 Å². The van der Waals surface area contributed by atoms with E-state index in [0.29, 0.717) is 0 Å². The van der Waals surface area contributed by atoms with Crippen LogP contribution in [0.2, 0.25) is 0 Å². The topological polar surface area (TPSA) is 58.9 Å². The Labute approximate surface area is 64.0 Å². The van der Waals surface area contributed by atoms with Gasteiger partial charge in [0.2, 0.25) is 12.2 Å². The second kappa shape index (κ2) is 3.81. The van der Waals surface area contributed by atoms with Crippen molar-refractivity contribution in [1.82, 2.24) is 0 Å². The lowest BCUT2D eigenvalue weighted by molar-refractivity contribution is 0.536. The van der Waals surface area contributed by atoms with Crippen molar-refractivity contribution in [1.29, 1.82) is 0 Å². The summed E-state index contributed by atoms with van der Waals surface area (Å²) in [5, 5.41) is 0. The number of aliphatic imine (C=N–C) groups is 2. The number of rotatable bonds is 2. The Bertz CT molecular complexity index is 203. The first kappa shape index (κ1) is 7.86. The molecule has 0 aliphatic heterocycles. The van der Waals surface area contributed by atoms with E-state index in [9.17, 15) is 9.59 Å². The molecular weight excluding hydrogens is 144 g/mol. The lowest BCUT2D eigenvalue weighted by Crippen LogP contribution is -2.14. The zero-order valence-electron chi connectivity index (χ0n) is 5.99. The molecule has 0 amide bonds. The number of hydrogen-bond donors (Lipinski definition) is 0. The molecule has 11 heavy (non-hydrogen) atoms. The maximum absolute atomic E-state index is 9.88. The molecule has 0 aromatic heterocycles. The molecule has 1 rings (SSSR count). The summed E-state index contributed by atoms with van der Waals surface area (Å²) in [6.45, 7) is 0. The van der Waals surface area contributed by atoms with Gasteiger partial charge < -0.3 is 0 Å². The van der Waals surface area contributed by atoms with Crippen LogP contribution in [0.25, 0.3) is 0 Å². The molecule has 1 saturated carbocycles. The van der Waals surface area contributed by atoms with Crippen LogP contribution in [0, 0.1) is 0 Å². The van der Waals surface area contributed by atoms with E-state index < -0.39 is 0 Å². The SMILES string of the molecule is O=C=NC1CCCC1N=C=O. The van der Waals surface area contributed by atoms with Crippen molar-refractivity contribution in [3.63, 3.8) is 0 Å². The third kappa shape index (κ3) is 1.84. The van der Waals surface area contributed by atoms with E-state index in [1.807, 2.05) is 0 Å². The predicted octanol–water partition coefficient (Wildman–Crippen LogP) is 0.579. The zero-order valence-corrected chi connectivity index (χ0v) is 5.99. The lowest BCUT2D eigenvalue weighted by atomic mass is 10.2. The van der Waals surface area contributed by atoms with Gasteiger partial charge in [-0.25, -0.2) is 19.6 Å².